The largest absolute Gasteiger partial charge is 0.313 e. The van der Waals surface area contributed by atoms with Gasteiger partial charge >= 0.3 is 0 Å². The molecule has 2 atom stereocenters. The van der Waals surface area contributed by atoms with Crippen LogP contribution >= 0.6 is 15.9 Å². The van der Waals surface area contributed by atoms with Crippen LogP contribution in [0.4, 0.5) is 4.39 Å². The first-order valence-corrected chi connectivity index (χ1v) is 8.18. The standard InChI is InChI=1S/C18H19BrFN/c1-21-18(15-7-4-8-16(19)17(15)20)14-10-9-12-5-2-3-6-13(12)11-14/h2-8,14,18,21H,9-11H2,1H3. The maximum Gasteiger partial charge on any atom is 0.142 e. The van der Waals surface area contributed by atoms with Crippen LogP contribution in [0.1, 0.15) is 29.2 Å². The Bertz CT molecular complexity index is 641. The third kappa shape index (κ3) is 2.90. The van der Waals surface area contributed by atoms with Gasteiger partial charge in [-0.05, 0) is 65.4 Å². The van der Waals surface area contributed by atoms with Gasteiger partial charge in [0.1, 0.15) is 5.82 Å². The highest BCUT2D eigenvalue weighted by Gasteiger charge is 2.28. The molecule has 0 saturated carbocycles. The molecule has 3 rings (SSSR count). The zero-order chi connectivity index (χ0) is 14.8. The lowest BCUT2D eigenvalue weighted by molar-refractivity contribution is 0.333. The molecule has 1 aliphatic carbocycles. The predicted molar refractivity (Wildman–Crippen MR) is 87.9 cm³/mol. The fraction of sp³-hybridized carbons (Fsp3) is 0.333. The molecular formula is C18H19BrFN. The number of hydrogen-bond donors (Lipinski definition) is 1. The summed E-state index contributed by atoms with van der Waals surface area (Å²) in [5.41, 5.74) is 3.61. The van der Waals surface area contributed by atoms with Crippen LogP contribution in [0.25, 0.3) is 0 Å². The first-order chi connectivity index (χ1) is 10.2. The molecule has 1 nitrogen and oxygen atoms in total. The summed E-state index contributed by atoms with van der Waals surface area (Å²) in [6.45, 7) is 0. The minimum Gasteiger partial charge on any atom is -0.313 e. The Labute approximate surface area is 133 Å². The highest BCUT2D eigenvalue weighted by atomic mass is 79.9. The van der Waals surface area contributed by atoms with E-state index in [2.05, 4.69) is 45.5 Å². The smallest absolute Gasteiger partial charge is 0.142 e. The molecule has 0 heterocycles. The van der Waals surface area contributed by atoms with Crippen LogP contribution in [0.2, 0.25) is 0 Å². The van der Waals surface area contributed by atoms with E-state index in [-0.39, 0.29) is 11.9 Å². The maximum absolute atomic E-state index is 14.4. The van der Waals surface area contributed by atoms with Crippen LogP contribution in [0, 0.1) is 11.7 Å². The van der Waals surface area contributed by atoms with Crippen molar-refractivity contribution in [2.24, 2.45) is 5.92 Å². The van der Waals surface area contributed by atoms with Gasteiger partial charge in [-0.3, -0.25) is 0 Å². The van der Waals surface area contributed by atoms with Crippen LogP contribution in [-0.4, -0.2) is 7.05 Å². The van der Waals surface area contributed by atoms with Gasteiger partial charge in [-0.1, -0.05) is 36.4 Å². The van der Waals surface area contributed by atoms with Crippen molar-refractivity contribution in [2.45, 2.75) is 25.3 Å². The molecule has 2 aromatic carbocycles. The number of nitrogens with one attached hydrogen (secondary N) is 1. The zero-order valence-electron chi connectivity index (χ0n) is 12.1. The summed E-state index contributed by atoms with van der Waals surface area (Å²) in [6, 6.07) is 14.2. The summed E-state index contributed by atoms with van der Waals surface area (Å²) in [6.07, 6.45) is 3.18. The van der Waals surface area contributed by atoms with Gasteiger partial charge < -0.3 is 5.32 Å². The van der Waals surface area contributed by atoms with Crippen LogP contribution in [0.3, 0.4) is 0 Å². The summed E-state index contributed by atoms with van der Waals surface area (Å²) in [5.74, 6) is 0.282. The minimum absolute atomic E-state index is 0.0517. The van der Waals surface area contributed by atoms with E-state index in [1.165, 1.54) is 11.1 Å². The molecule has 110 valence electrons. The average Bonchev–Trinajstić information content (AvgIpc) is 2.52. The van der Waals surface area contributed by atoms with Crippen molar-refractivity contribution < 1.29 is 4.39 Å². The second-order valence-corrected chi connectivity index (χ2v) is 6.54. The van der Waals surface area contributed by atoms with Gasteiger partial charge in [-0.25, -0.2) is 4.39 Å². The Balaban J connectivity index is 1.90. The molecular weight excluding hydrogens is 329 g/mol. The monoisotopic (exact) mass is 347 g/mol. The molecule has 0 amide bonds. The lowest BCUT2D eigenvalue weighted by atomic mass is 9.78. The van der Waals surface area contributed by atoms with E-state index in [1.807, 2.05) is 19.2 Å². The average molecular weight is 348 g/mol. The maximum atomic E-state index is 14.4. The number of fused-ring (bicyclic) bond motifs is 1. The molecule has 3 heteroatoms. The molecule has 0 bridgehead atoms. The summed E-state index contributed by atoms with van der Waals surface area (Å²) >= 11 is 3.29. The van der Waals surface area contributed by atoms with E-state index < -0.39 is 0 Å². The van der Waals surface area contributed by atoms with Crippen molar-refractivity contribution in [1.82, 2.24) is 5.32 Å². The highest BCUT2D eigenvalue weighted by Crippen LogP contribution is 2.36. The van der Waals surface area contributed by atoms with E-state index >= 15 is 0 Å². The van der Waals surface area contributed by atoms with Gasteiger partial charge in [0, 0.05) is 11.6 Å². The lowest BCUT2D eigenvalue weighted by Crippen LogP contribution is -2.30. The normalized spacial score (nSPS) is 19.1. The quantitative estimate of drug-likeness (QED) is 0.851. The SMILES string of the molecule is CNC(c1cccc(Br)c1F)C1CCc2ccccc2C1. The van der Waals surface area contributed by atoms with Crippen LogP contribution < -0.4 is 5.32 Å². The van der Waals surface area contributed by atoms with Crippen molar-refractivity contribution in [2.75, 3.05) is 7.05 Å². The Hall–Kier alpha value is -1.19. The van der Waals surface area contributed by atoms with Crippen LogP contribution in [-0.2, 0) is 12.8 Å². The van der Waals surface area contributed by atoms with Gasteiger partial charge in [0.05, 0.1) is 4.47 Å². The predicted octanol–water partition coefficient (Wildman–Crippen LogP) is 4.65. The van der Waals surface area contributed by atoms with Gasteiger partial charge in [0.25, 0.3) is 0 Å². The van der Waals surface area contributed by atoms with E-state index in [1.54, 1.807) is 6.07 Å². The van der Waals surface area contributed by atoms with Gasteiger partial charge in [0.2, 0.25) is 0 Å². The molecule has 2 aromatic rings. The Morgan fingerprint density at radius 1 is 1.14 bits per heavy atom. The molecule has 2 unspecified atom stereocenters. The molecule has 0 aliphatic heterocycles. The lowest BCUT2D eigenvalue weighted by Gasteiger charge is -2.32. The molecule has 0 aromatic heterocycles. The van der Waals surface area contributed by atoms with Crippen molar-refractivity contribution in [3.63, 3.8) is 0 Å². The van der Waals surface area contributed by atoms with Gasteiger partial charge in [0.15, 0.2) is 0 Å². The summed E-state index contributed by atoms with van der Waals surface area (Å²) in [7, 11) is 1.92. The summed E-state index contributed by atoms with van der Waals surface area (Å²) < 4.78 is 14.9. The van der Waals surface area contributed by atoms with Gasteiger partial charge in [-0.15, -0.1) is 0 Å². The molecule has 0 fully saturated rings. The van der Waals surface area contributed by atoms with Crippen molar-refractivity contribution in [3.8, 4) is 0 Å². The molecule has 21 heavy (non-hydrogen) atoms. The van der Waals surface area contributed by atoms with E-state index in [0.29, 0.717) is 10.4 Å². The topological polar surface area (TPSA) is 12.0 Å². The number of benzene rings is 2. The van der Waals surface area contributed by atoms with E-state index in [9.17, 15) is 4.39 Å². The third-order valence-corrected chi connectivity index (χ3v) is 5.10. The van der Waals surface area contributed by atoms with Crippen molar-refractivity contribution in [3.05, 3.63) is 69.4 Å². The van der Waals surface area contributed by atoms with Crippen LogP contribution in [0.15, 0.2) is 46.9 Å². The summed E-state index contributed by atoms with van der Waals surface area (Å²) in [5, 5.41) is 3.33. The highest BCUT2D eigenvalue weighted by molar-refractivity contribution is 9.10. The van der Waals surface area contributed by atoms with E-state index in [4.69, 9.17) is 0 Å². The van der Waals surface area contributed by atoms with Gasteiger partial charge in [-0.2, -0.15) is 0 Å². The minimum atomic E-state index is -0.143. The molecule has 1 aliphatic rings. The fourth-order valence-electron chi connectivity index (χ4n) is 3.42. The fourth-order valence-corrected chi connectivity index (χ4v) is 3.80. The molecule has 0 radical (unpaired) electrons. The van der Waals surface area contributed by atoms with Crippen LogP contribution in [0.5, 0.6) is 0 Å². The Morgan fingerprint density at radius 2 is 1.90 bits per heavy atom. The second kappa shape index (κ2) is 6.29. The number of hydrogen-bond acceptors (Lipinski definition) is 1. The second-order valence-electron chi connectivity index (χ2n) is 5.68. The number of aryl methyl sites for hydroxylation is 1. The zero-order valence-corrected chi connectivity index (χ0v) is 13.7. The summed E-state index contributed by atoms with van der Waals surface area (Å²) in [4.78, 5) is 0. The Morgan fingerprint density at radius 3 is 2.67 bits per heavy atom. The van der Waals surface area contributed by atoms with E-state index in [0.717, 1.165) is 24.8 Å². The molecule has 1 N–H and O–H groups in total. The number of rotatable bonds is 3. The Kier molecular flexibility index (Phi) is 4.41. The molecule has 0 saturated heterocycles. The first-order valence-electron chi connectivity index (χ1n) is 7.38. The third-order valence-electron chi connectivity index (χ3n) is 4.48. The first kappa shape index (κ1) is 14.7. The van der Waals surface area contributed by atoms with Crippen molar-refractivity contribution >= 4 is 15.9 Å². The van der Waals surface area contributed by atoms with Crippen molar-refractivity contribution in [1.29, 1.82) is 0 Å². The number of halogens is 2. The molecule has 0 spiro atoms.